The topological polar surface area (TPSA) is 97.5 Å². The molecule has 1 amide bonds. The average Bonchev–Trinajstić information content (AvgIpc) is 2.52. The molecule has 0 radical (unpaired) electrons. The summed E-state index contributed by atoms with van der Waals surface area (Å²) in [4.78, 5) is 44.6. The van der Waals surface area contributed by atoms with Crippen molar-refractivity contribution in [1.82, 2.24) is 10.5 Å². The maximum atomic E-state index is 12.3. The lowest BCUT2D eigenvalue weighted by Crippen LogP contribution is -2.37. The van der Waals surface area contributed by atoms with Crippen molar-refractivity contribution in [3.05, 3.63) is 33.2 Å². The molecule has 2 N–H and O–H groups in total. The highest BCUT2D eigenvalue weighted by atomic mass is 16.8. The van der Waals surface area contributed by atoms with Crippen LogP contribution in [0, 0.1) is 5.41 Å². The van der Waals surface area contributed by atoms with Gasteiger partial charge in [0.25, 0.3) is 11.5 Å². The number of amides is 1. The van der Waals surface area contributed by atoms with Crippen LogP contribution in [0.3, 0.4) is 0 Å². The summed E-state index contributed by atoms with van der Waals surface area (Å²) in [5.74, 6) is -0.742. The van der Waals surface area contributed by atoms with Gasteiger partial charge in [0.2, 0.25) is 0 Å². The van der Waals surface area contributed by atoms with Gasteiger partial charge in [-0.15, -0.1) is 0 Å². The third-order valence-electron chi connectivity index (χ3n) is 4.38. The van der Waals surface area contributed by atoms with Crippen LogP contribution in [-0.2, 0) is 16.0 Å². The van der Waals surface area contributed by atoms with Gasteiger partial charge in [0, 0.05) is 30.7 Å². The Morgan fingerprint density at radius 3 is 2.83 bits per heavy atom. The SMILES string of the molecule is CC1(C)CC(=O)c2cc(C(=O)NOC3CCCCO3)c(=O)[nH]c2C1. The zero-order valence-corrected chi connectivity index (χ0v) is 13.9. The lowest BCUT2D eigenvalue weighted by Gasteiger charge is -2.29. The first-order chi connectivity index (χ1) is 11.4. The van der Waals surface area contributed by atoms with Crippen molar-refractivity contribution in [2.75, 3.05) is 6.61 Å². The van der Waals surface area contributed by atoms with Crippen LogP contribution in [0.2, 0.25) is 0 Å². The van der Waals surface area contributed by atoms with Crippen molar-refractivity contribution in [1.29, 1.82) is 0 Å². The number of hydrogen-bond acceptors (Lipinski definition) is 5. The molecule has 24 heavy (non-hydrogen) atoms. The lowest BCUT2D eigenvalue weighted by atomic mass is 9.75. The molecular formula is C17H22N2O5. The van der Waals surface area contributed by atoms with Crippen molar-refractivity contribution < 1.29 is 19.2 Å². The molecule has 7 heteroatoms. The number of ether oxygens (including phenoxy) is 1. The Kier molecular flexibility index (Phi) is 4.56. The molecule has 1 aliphatic carbocycles. The number of rotatable bonds is 3. The van der Waals surface area contributed by atoms with Crippen molar-refractivity contribution in [2.24, 2.45) is 5.41 Å². The summed E-state index contributed by atoms with van der Waals surface area (Å²) < 4.78 is 5.35. The summed E-state index contributed by atoms with van der Waals surface area (Å²) in [6.45, 7) is 4.54. The third kappa shape index (κ3) is 3.57. The van der Waals surface area contributed by atoms with Gasteiger partial charge in [-0.1, -0.05) is 13.8 Å². The van der Waals surface area contributed by atoms with Crippen LogP contribution >= 0.6 is 0 Å². The molecule has 1 saturated heterocycles. The second-order valence-corrected chi connectivity index (χ2v) is 7.19. The second kappa shape index (κ2) is 6.49. The Labute approximate surface area is 139 Å². The van der Waals surface area contributed by atoms with Gasteiger partial charge in [0.15, 0.2) is 12.1 Å². The van der Waals surface area contributed by atoms with Gasteiger partial charge in [0.1, 0.15) is 5.56 Å². The van der Waals surface area contributed by atoms with E-state index < -0.39 is 17.8 Å². The number of pyridine rings is 1. The molecule has 0 saturated carbocycles. The molecule has 1 unspecified atom stereocenters. The number of aromatic amines is 1. The van der Waals surface area contributed by atoms with Crippen LogP contribution in [-0.4, -0.2) is 29.6 Å². The van der Waals surface area contributed by atoms with E-state index in [0.717, 1.165) is 12.8 Å². The highest BCUT2D eigenvalue weighted by molar-refractivity contribution is 6.01. The molecule has 2 aliphatic rings. The van der Waals surface area contributed by atoms with Gasteiger partial charge in [-0.2, -0.15) is 0 Å². The first-order valence-electron chi connectivity index (χ1n) is 8.23. The minimum absolute atomic E-state index is 0.0666. The normalized spacial score (nSPS) is 22.8. The fraction of sp³-hybridized carbons (Fsp3) is 0.588. The van der Waals surface area contributed by atoms with Crippen molar-refractivity contribution in [3.63, 3.8) is 0 Å². The first kappa shape index (κ1) is 16.9. The summed E-state index contributed by atoms with van der Waals surface area (Å²) in [5, 5.41) is 0. The highest BCUT2D eigenvalue weighted by Gasteiger charge is 2.32. The van der Waals surface area contributed by atoms with Gasteiger partial charge in [-0.25, -0.2) is 10.3 Å². The molecule has 0 spiro atoms. The highest BCUT2D eigenvalue weighted by Crippen LogP contribution is 2.33. The number of carbonyl (C=O) groups is 2. The Hall–Kier alpha value is -1.99. The molecule has 130 valence electrons. The monoisotopic (exact) mass is 334 g/mol. The van der Waals surface area contributed by atoms with E-state index >= 15 is 0 Å². The predicted molar refractivity (Wildman–Crippen MR) is 85.6 cm³/mol. The number of Topliss-reactive ketones (excluding diaryl/α,β-unsaturated/α-hetero) is 1. The van der Waals surface area contributed by atoms with E-state index in [4.69, 9.17) is 9.57 Å². The smallest absolute Gasteiger partial charge is 0.280 e. The summed E-state index contributed by atoms with van der Waals surface area (Å²) in [6.07, 6.45) is 3.11. The number of aromatic nitrogens is 1. The predicted octanol–water partition coefficient (Wildman–Crippen LogP) is 1.72. The zero-order valence-electron chi connectivity index (χ0n) is 13.9. The van der Waals surface area contributed by atoms with Gasteiger partial charge < -0.3 is 9.72 Å². The largest absolute Gasteiger partial charge is 0.350 e. The number of H-pyrrole nitrogens is 1. The summed E-state index contributed by atoms with van der Waals surface area (Å²) in [5.41, 5.74) is 2.41. The molecule has 0 bridgehead atoms. The van der Waals surface area contributed by atoms with E-state index in [0.29, 0.717) is 37.1 Å². The number of hydrogen-bond donors (Lipinski definition) is 2. The van der Waals surface area contributed by atoms with E-state index in [2.05, 4.69) is 10.5 Å². The third-order valence-corrected chi connectivity index (χ3v) is 4.38. The molecule has 1 aliphatic heterocycles. The van der Waals surface area contributed by atoms with Crippen molar-refractivity contribution in [3.8, 4) is 0 Å². The Morgan fingerprint density at radius 2 is 2.12 bits per heavy atom. The minimum Gasteiger partial charge on any atom is -0.350 e. The zero-order chi connectivity index (χ0) is 17.3. The first-order valence-corrected chi connectivity index (χ1v) is 8.23. The molecule has 2 heterocycles. The van der Waals surface area contributed by atoms with Crippen molar-refractivity contribution >= 4 is 11.7 Å². The number of hydroxylamine groups is 1. The number of ketones is 1. The second-order valence-electron chi connectivity index (χ2n) is 7.19. The van der Waals surface area contributed by atoms with Crippen LogP contribution in [0.4, 0.5) is 0 Å². The fourth-order valence-electron chi connectivity index (χ4n) is 3.17. The summed E-state index contributed by atoms with van der Waals surface area (Å²) in [6, 6.07) is 1.37. The van der Waals surface area contributed by atoms with Crippen LogP contribution in [0.1, 0.15) is 65.9 Å². The molecule has 1 atom stereocenters. The Morgan fingerprint density at radius 1 is 1.33 bits per heavy atom. The van der Waals surface area contributed by atoms with E-state index in [9.17, 15) is 14.4 Å². The van der Waals surface area contributed by atoms with Crippen LogP contribution in [0.25, 0.3) is 0 Å². The van der Waals surface area contributed by atoms with Gasteiger partial charge >= 0.3 is 0 Å². The van der Waals surface area contributed by atoms with Crippen LogP contribution < -0.4 is 11.0 Å². The van der Waals surface area contributed by atoms with E-state index in [-0.39, 0.29) is 16.8 Å². The Balaban J connectivity index is 1.76. The van der Waals surface area contributed by atoms with Gasteiger partial charge in [-0.05, 0) is 30.7 Å². The van der Waals surface area contributed by atoms with Crippen molar-refractivity contribution in [2.45, 2.75) is 52.2 Å². The maximum absolute atomic E-state index is 12.3. The standard InChI is InChI=1S/C17H22N2O5/c1-17(2)8-12-10(13(20)9-17)7-11(15(21)18-12)16(22)19-24-14-5-3-4-6-23-14/h7,14H,3-6,8-9H2,1-2H3,(H,18,21)(H,19,22). The summed E-state index contributed by atoms with van der Waals surface area (Å²) >= 11 is 0. The molecule has 0 aromatic carbocycles. The molecule has 7 nitrogen and oxygen atoms in total. The quantitative estimate of drug-likeness (QED) is 0.820. The lowest BCUT2D eigenvalue weighted by molar-refractivity contribution is -0.186. The van der Waals surface area contributed by atoms with Gasteiger partial charge in [-0.3, -0.25) is 14.4 Å². The van der Waals surface area contributed by atoms with Gasteiger partial charge in [0.05, 0.1) is 0 Å². The van der Waals surface area contributed by atoms with Crippen LogP contribution in [0.5, 0.6) is 0 Å². The molecular weight excluding hydrogens is 312 g/mol. The molecule has 1 fully saturated rings. The van der Waals surface area contributed by atoms with E-state index in [1.807, 2.05) is 13.8 Å². The number of fused-ring (bicyclic) bond motifs is 1. The molecule has 1 aromatic heterocycles. The number of carbonyl (C=O) groups excluding carboxylic acids is 2. The fourth-order valence-corrected chi connectivity index (χ4v) is 3.17. The number of nitrogens with one attached hydrogen (secondary N) is 2. The molecule has 3 rings (SSSR count). The summed E-state index contributed by atoms with van der Waals surface area (Å²) in [7, 11) is 0. The van der Waals surface area contributed by atoms with Crippen LogP contribution in [0.15, 0.2) is 10.9 Å². The molecule has 1 aromatic rings. The minimum atomic E-state index is -0.675. The maximum Gasteiger partial charge on any atom is 0.280 e. The van der Waals surface area contributed by atoms with E-state index in [1.165, 1.54) is 6.07 Å². The average molecular weight is 334 g/mol. The van der Waals surface area contributed by atoms with E-state index in [1.54, 1.807) is 0 Å². The Bertz CT molecular complexity index is 716.